The third-order valence-electron chi connectivity index (χ3n) is 8.47. The first-order valence-corrected chi connectivity index (χ1v) is 20.0. The lowest BCUT2D eigenvalue weighted by atomic mass is 10.0. The molecule has 2 unspecified atom stereocenters. The molecule has 256 valence electrons. The molecule has 0 aliphatic rings. The fraction of sp³-hybridized carbons (Fsp3) is 0.917. The number of hydrogen-bond acceptors (Lipinski definition) is 4. The Morgan fingerprint density at radius 2 is 0.977 bits per heavy atom. The summed E-state index contributed by atoms with van der Waals surface area (Å²) < 4.78 is 32.4. The molecule has 0 bridgehead atoms. The first kappa shape index (κ1) is 42.1. The van der Waals surface area contributed by atoms with Crippen molar-refractivity contribution in [1.29, 1.82) is 0 Å². The molecule has 0 aromatic carbocycles. The standard InChI is InChI=1S/C36H71NO5S/c1-3-5-7-9-11-13-15-16-17-18-19-20-22-24-26-28-30-32-36(39)37-34(33-43(40,41)42)35(38)31-29-27-25-23-21-14-12-10-8-6-4-2/h16-17,34-35,38H,3-15,18-33H2,1-2H3,(H,37,39)(H,40,41,42)/b17-16-. The molecule has 6 nitrogen and oxygen atoms in total. The molecule has 0 aromatic rings. The van der Waals surface area contributed by atoms with Crippen LogP contribution in [0.5, 0.6) is 0 Å². The number of aliphatic hydroxyl groups excluding tert-OH is 1. The van der Waals surface area contributed by atoms with Gasteiger partial charge in [-0.2, -0.15) is 8.42 Å². The maximum Gasteiger partial charge on any atom is 0.266 e. The summed E-state index contributed by atoms with van der Waals surface area (Å²) in [5, 5.41) is 13.3. The Labute approximate surface area is 267 Å². The number of aliphatic hydroxyl groups is 1. The van der Waals surface area contributed by atoms with Gasteiger partial charge in [-0.1, -0.05) is 161 Å². The molecule has 7 heteroatoms. The first-order valence-electron chi connectivity index (χ1n) is 18.4. The number of carbonyl (C=O) groups is 1. The lowest BCUT2D eigenvalue weighted by Crippen LogP contribution is -2.47. The number of rotatable bonds is 33. The molecule has 0 radical (unpaired) electrons. The lowest BCUT2D eigenvalue weighted by molar-refractivity contribution is -0.122. The van der Waals surface area contributed by atoms with Gasteiger partial charge in [-0.05, 0) is 38.5 Å². The van der Waals surface area contributed by atoms with Crippen molar-refractivity contribution >= 4 is 16.0 Å². The fourth-order valence-corrected chi connectivity index (χ4v) is 6.44. The smallest absolute Gasteiger partial charge is 0.266 e. The highest BCUT2D eigenvalue weighted by atomic mass is 32.2. The molecule has 0 aromatic heterocycles. The normalized spacial score (nSPS) is 13.5. The van der Waals surface area contributed by atoms with E-state index in [4.69, 9.17) is 0 Å². The highest BCUT2D eigenvalue weighted by Crippen LogP contribution is 2.15. The van der Waals surface area contributed by atoms with Crippen LogP contribution < -0.4 is 5.32 Å². The Balaban J connectivity index is 3.89. The SMILES string of the molecule is CCCCCCCC/C=C\CCCCCCCCCC(=O)NC(CS(=O)(=O)O)C(O)CCCCCCCCCCCCC. The van der Waals surface area contributed by atoms with Crippen molar-refractivity contribution in [2.24, 2.45) is 0 Å². The minimum Gasteiger partial charge on any atom is -0.391 e. The maximum absolute atomic E-state index is 12.5. The molecule has 0 rings (SSSR count). The monoisotopic (exact) mass is 630 g/mol. The molecule has 0 spiro atoms. The molecule has 2 atom stereocenters. The summed E-state index contributed by atoms with van der Waals surface area (Å²) in [4.78, 5) is 12.5. The molecular formula is C36H71NO5S. The van der Waals surface area contributed by atoms with Gasteiger partial charge in [0.1, 0.15) is 0 Å². The second-order valence-electron chi connectivity index (χ2n) is 12.9. The van der Waals surface area contributed by atoms with E-state index >= 15 is 0 Å². The van der Waals surface area contributed by atoms with Gasteiger partial charge in [-0.15, -0.1) is 0 Å². The molecule has 0 aliphatic carbocycles. The summed E-state index contributed by atoms with van der Waals surface area (Å²) in [7, 11) is -4.30. The van der Waals surface area contributed by atoms with E-state index < -0.39 is 28.0 Å². The molecule has 3 N–H and O–H groups in total. The van der Waals surface area contributed by atoms with E-state index in [-0.39, 0.29) is 5.91 Å². The molecule has 0 saturated carbocycles. The lowest BCUT2D eigenvalue weighted by Gasteiger charge is -2.23. The van der Waals surface area contributed by atoms with E-state index in [9.17, 15) is 22.9 Å². The average Bonchev–Trinajstić information content (AvgIpc) is 2.96. The van der Waals surface area contributed by atoms with E-state index in [1.807, 2.05) is 0 Å². The van der Waals surface area contributed by atoms with Gasteiger partial charge in [0.15, 0.2) is 0 Å². The predicted octanol–water partition coefficient (Wildman–Crippen LogP) is 10.2. The highest BCUT2D eigenvalue weighted by molar-refractivity contribution is 7.85. The molecule has 1 amide bonds. The van der Waals surface area contributed by atoms with Crippen LogP contribution in [-0.4, -0.2) is 41.9 Å². The number of hydrogen-bond donors (Lipinski definition) is 3. The van der Waals surface area contributed by atoms with E-state index in [1.54, 1.807) is 0 Å². The van der Waals surface area contributed by atoms with E-state index in [1.165, 1.54) is 128 Å². The molecule has 0 fully saturated rings. The van der Waals surface area contributed by atoms with E-state index in [0.717, 1.165) is 38.5 Å². The van der Waals surface area contributed by atoms with Gasteiger partial charge in [0, 0.05) is 6.42 Å². The second-order valence-corrected chi connectivity index (χ2v) is 14.4. The average molecular weight is 630 g/mol. The van der Waals surface area contributed by atoms with Crippen LogP contribution >= 0.6 is 0 Å². The zero-order chi connectivity index (χ0) is 31.9. The Kier molecular flexibility index (Phi) is 30.4. The van der Waals surface area contributed by atoms with Crippen LogP contribution in [0.1, 0.15) is 194 Å². The van der Waals surface area contributed by atoms with Crippen molar-refractivity contribution in [3.8, 4) is 0 Å². The van der Waals surface area contributed by atoms with Crippen LogP contribution in [-0.2, 0) is 14.9 Å². The molecule has 0 heterocycles. The van der Waals surface area contributed by atoms with Gasteiger partial charge in [0.25, 0.3) is 10.1 Å². The summed E-state index contributed by atoms with van der Waals surface area (Å²) >= 11 is 0. The molecular weight excluding hydrogens is 558 g/mol. The Hall–Kier alpha value is -0.920. The van der Waals surface area contributed by atoms with Crippen LogP contribution in [0.15, 0.2) is 12.2 Å². The summed E-state index contributed by atoms with van der Waals surface area (Å²) in [6.07, 6.45) is 35.8. The van der Waals surface area contributed by atoms with Crippen molar-refractivity contribution in [3.05, 3.63) is 12.2 Å². The predicted molar refractivity (Wildman–Crippen MR) is 184 cm³/mol. The fourth-order valence-electron chi connectivity index (χ4n) is 5.68. The Morgan fingerprint density at radius 1 is 0.605 bits per heavy atom. The molecule has 43 heavy (non-hydrogen) atoms. The molecule has 0 aliphatic heterocycles. The van der Waals surface area contributed by atoms with Gasteiger partial charge >= 0.3 is 0 Å². The minimum atomic E-state index is -4.30. The second kappa shape index (κ2) is 31.1. The first-order chi connectivity index (χ1) is 20.8. The summed E-state index contributed by atoms with van der Waals surface area (Å²) in [5.74, 6) is -0.897. The van der Waals surface area contributed by atoms with E-state index in [2.05, 4.69) is 31.3 Å². The van der Waals surface area contributed by atoms with Gasteiger partial charge in [0.05, 0.1) is 17.9 Å². The van der Waals surface area contributed by atoms with Gasteiger partial charge < -0.3 is 10.4 Å². The van der Waals surface area contributed by atoms with E-state index in [0.29, 0.717) is 12.8 Å². The number of amides is 1. The molecule has 0 saturated heterocycles. The van der Waals surface area contributed by atoms with Crippen molar-refractivity contribution in [2.75, 3.05) is 5.75 Å². The number of nitrogens with one attached hydrogen (secondary N) is 1. The van der Waals surface area contributed by atoms with Crippen molar-refractivity contribution in [3.63, 3.8) is 0 Å². The minimum absolute atomic E-state index is 0.251. The van der Waals surface area contributed by atoms with Crippen LogP contribution in [0.2, 0.25) is 0 Å². The quantitative estimate of drug-likeness (QED) is 0.0381. The summed E-state index contributed by atoms with van der Waals surface area (Å²) in [5.41, 5.74) is 0. The van der Waals surface area contributed by atoms with Crippen molar-refractivity contribution in [1.82, 2.24) is 5.32 Å². The van der Waals surface area contributed by atoms with Crippen molar-refractivity contribution < 1.29 is 22.9 Å². The topological polar surface area (TPSA) is 104 Å². The third-order valence-corrected chi connectivity index (χ3v) is 9.25. The highest BCUT2D eigenvalue weighted by Gasteiger charge is 2.26. The number of allylic oxidation sites excluding steroid dienone is 2. The Morgan fingerprint density at radius 3 is 1.40 bits per heavy atom. The summed E-state index contributed by atoms with van der Waals surface area (Å²) in [6.45, 7) is 4.49. The van der Waals surface area contributed by atoms with Gasteiger partial charge in [-0.3, -0.25) is 9.35 Å². The number of carbonyl (C=O) groups excluding carboxylic acids is 1. The van der Waals surface area contributed by atoms with Crippen molar-refractivity contribution in [2.45, 2.75) is 206 Å². The van der Waals surface area contributed by atoms with Crippen LogP contribution in [0.3, 0.4) is 0 Å². The van der Waals surface area contributed by atoms with Crippen LogP contribution in [0.25, 0.3) is 0 Å². The van der Waals surface area contributed by atoms with Crippen LogP contribution in [0, 0.1) is 0 Å². The third kappa shape index (κ3) is 32.3. The zero-order valence-electron chi connectivity index (χ0n) is 28.3. The van der Waals surface area contributed by atoms with Crippen LogP contribution in [0.4, 0.5) is 0 Å². The zero-order valence-corrected chi connectivity index (χ0v) is 29.2. The maximum atomic E-state index is 12.5. The van der Waals surface area contributed by atoms with Gasteiger partial charge in [-0.25, -0.2) is 0 Å². The largest absolute Gasteiger partial charge is 0.391 e. The Bertz CT molecular complexity index is 740. The summed E-state index contributed by atoms with van der Waals surface area (Å²) in [6, 6.07) is -0.967. The number of unbranched alkanes of at least 4 members (excludes halogenated alkanes) is 23. The van der Waals surface area contributed by atoms with Gasteiger partial charge in [0.2, 0.25) is 5.91 Å².